The van der Waals surface area contributed by atoms with E-state index in [0.717, 1.165) is 51.6 Å². The molecular formula is C22H22N4O3S2. The van der Waals surface area contributed by atoms with Crippen LogP contribution in [0.4, 0.5) is 10.8 Å². The molecule has 2 aromatic carbocycles. The Morgan fingerprint density at radius 3 is 2.84 bits per heavy atom. The fraction of sp³-hybridized carbons (Fsp3) is 0.318. The molecule has 1 N–H and O–H groups in total. The normalized spacial score (nSPS) is 17.5. The zero-order valence-corrected chi connectivity index (χ0v) is 18.5. The zero-order valence-electron chi connectivity index (χ0n) is 16.8. The summed E-state index contributed by atoms with van der Waals surface area (Å²) in [6.45, 7) is 1.91. The molecule has 3 heterocycles. The van der Waals surface area contributed by atoms with Crippen molar-refractivity contribution in [2.24, 2.45) is 0 Å². The topological polar surface area (TPSA) is 76.6 Å². The van der Waals surface area contributed by atoms with Gasteiger partial charge in [-0.2, -0.15) is 0 Å². The van der Waals surface area contributed by atoms with Crippen molar-refractivity contribution in [1.82, 2.24) is 15.1 Å². The molecule has 1 fully saturated rings. The Balaban J connectivity index is 1.20. The van der Waals surface area contributed by atoms with Gasteiger partial charge in [-0.25, -0.2) is 0 Å². The highest BCUT2D eigenvalue weighted by molar-refractivity contribution is 8.01. The lowest BCUT2D eigenvalue weighted by molar-refractivity contribution is -0.129. The average molecular weight is 455 g/mol. The van der Waals surface area contributed by atoms with Crippen LogP contribution in [0.25, 0.3) is 0 Å². The lowest BCUT2D eigenvalue weighted by Gasteiger charge is -2.26. The number of para-hydroxylation sites is 1. The Morgan fingerprint density at radius 1 is 1.13 bits per heavy atom. The highest BCUT2D eigenvalue weighted by Gasteiger charge is 2.31. The van der Waals surface area contributed by atoms with Crippen molar-refractivity contribution in [2.45, 2.75) is 23.2 Å². The third kappa shape index (κ3) is 4.62. The number of amides is 1. The Kier molecular flexibility index (Phi) is 5.95. The van der Waals surface area contributed by atoms with Crippen LogP contribution in [0.2, 0.25) is 0 Å². The van der Waals surface area contributed by atoms with Crippen molar-refractivity contribution in [3.8, 4) is 11.5 Å². The molecule has 0 radical (unpaired) electrons. The third-order valence-corrected chi connectivity index (χ3v) is 7.23. The summed E-state index contributed by atoms with van der Waals surface area (Å²) in [5, 5.41) is 12.3. The minimum Gasteiger partial charge on any atom is -0.486 e. The van der Waals surface area contributed by atoms with Gasteiger partial charge in [-0.1, -0.05) is 47.4 Å². The molecule has 31 heavy (non-hydrogen) atoms. The summed E-state index contributed by atoms with van der Waals surface area (Å²) in [4.78, 5) is 15.0. The summed E-state index contributed by atoms with van der Waals surface area (Å²) >= 11 is 2.89. The molecular weight excluding hydrogens is 432 g/mol. The minimum absolute atomic E-state index is 0.0775. The molecule has 2 aliphatic heterocycles. The van der Waals surface area contributed by atoms with Crippen molar-refractivity contribution < 1.29 is 14.3 Å². The minimum atomic E-state index is 0.0775. The first kappa shape index (κ1) is 20.1. The maximum Gasteiger partial charge on any atom is 0.233 e. The van der Waals surface area contributed by atoms with Crippen LogP contribution < -0.4 is 14.8 Å². The molecule has 2 aliphatic rings. The first-order valence-corrected chi connectivity index (χ1v) is 12.0. The first-order valence-electron chi connectivity index (χ1n) is 10.2. The monoisotopic (exact) mass is 454 g/mol. The maximum absolute atomic E-state index is 13.0. The Hall–Kier alpha value is -2.78. The number of carbonyl (C=O) groups is 1. The van der Waals surface area contributed by atoms with Gasteiger partial charge in [-0.3, -0.25) is 4.79 Å². The zero-order chi connectivity index (χ0) is 21.0. The van der Waals surface area contributed by atoms with E-state index in [1.807, 2.05) is 53.4 Å². The van der Waals surface area contributed by atoms with Crippen LogP contribution in [0.1, 0.15) is 24.4 Å². The van der Waals surface area contributed by atoms with Crippen LogP contribution in [0.5, 0.6) is 11.5 Å². The van der Waals surface area contributed by atoms with Crippen LogP contribution >= 0.6 is 23.1 Å². The van der Waals surface area contributed by atoms with Gasteiger partial charge in [0.05, 0.1) is 11.8 Å². The Morgan fingerprint density at radius 2 is 1.97 bits per heavy atom. The fourth-order valence-corrected chi connectivity index (χ4v) is 5.51. The van der Waals surface area contributed by atoms with E-state index in [-0.39, 0.29) is 11.9 Å². The maximum atomic E-state index is 13.0. The molecule has 1 saturated heterocycles. The van der Waals surface area contributed by atoms with Gasteiger partial charge < -0.3 is 19.7 Å². The number of anilines is 2. The number of benzene rings is 2. The SMILES string of the molecule is O=C(CSc1nnc(Nc2ccccc2)s1)N1CCC[C@@H]1c1ccc2c(c1)OCCO2. The molecule has 0 spiro atoms. The van der Waals surface area contributed by atoms with Crippen LogP contribution in [-0.4, -0.2) is 46.5 Å². The van der Waals surface area contributed by atoms with E-state index in [1.165, 1.54) is 23.1 Å². The van der Waals surface area contributed by atoms with E-state index in [9.17, 15) is 4.79 Å². The van der Waals surface area contributed by atoms with Crippen molar-refractivity contribution in [1.29, 1.82) is 0 Å². The summed E-state index contributed by atoms with van der Waals surface area (Å²) < 4.78 is 12.1. The van der Waals surface area contributed by atoms with Crippen molar-refractivity contribution in [2.75, 3.05) is 30.8 Å². The molecule has 160 valence electrons. The molecule has 7 nitrogen and oxygen atoms in total. The molecule has 1 atom stereocenters. The van der Waals surface area contributed by atoms with Crippen LogP contribution in [0.3, 0.4) is 0 Å². The van der Waals surface area contributed by atoms with Crippen molar-refractivity contribution in [3.05, 3.63) is 54.1 Å². The van der Waals surface area contributed by atoms with Crippen molar-refractivity contribution in [3.63, 3.8) is 0 Å². The number of hydrogen-bond acceptors (Lipinski definition) is 8. The summed E-state index contributed by atoms with van der Waals surface area (Å²) in [6.07, 6.45) is 1.96. The highest BCUT2D eigenvalue weighted by Crippen LogP contribution is 2.38. The number of rotatable bonds is 6. The molecule has 0 unspecified atom stereocenters. The lowest BCUT2D eigenvalue weighted by atomic mass is 10.0. The standard InChI is InChI=1S/C22H22N4O3S2/c27-20(14-30-22-25-24-21(31-22)23-16-5-2-1-3-6-16)26-10-4-7-17(26)15-8-9-18-19(13-15)29-12-11-28-18/h1-3,5-6,8-9,13,17H,4,7,10-12,14H2,(H,23,24)/t17-/m1/s1. The first-order chi connectivity index (χ1) is 15.3. The van der Waals surface area contributed by atoms with Gasteiger partial charge in [-0.05, 0) is 42.7 Å². The van der Waals surface area contributed by atoms with Crippen molar-refractivity contribution >= 4 is 39.8 Å². The van der Waals surface area contributed by atoms with Gasteiger partial charge in [0.25, 0.3) is 0 Å². The number of nitrogens with zero attached hydrogens (tertiary/aromatic N) is 3. The molecule has 9 heteroatoms. The quantitative estimate of drug-likeness (QED) is 0.549. The van der Waals surface area contributed by atoms with Gasteiger partial charge in [0, 0.05) is 12.2 Å². The molecule has 5 rings (SSSR count). The van der Waals surface area contributed by atoms with E-state index in [2.05, 4.69) is 15.5 Å². The second-order valence-electron chi connectivity index (χ2n) is 7.30. The van der Waals surface area contributed by atoms with E-state index in [4.69, 9.17) is 9.47 Å². The van der Waals surface area contributed by atoms with Crippen LogP contribution in [-0.2, 0) is 4.79 Å². The summed E-state index contributed by atoms with van der Waals surface area (Å²) in [6, 6.07) is 15.9. The number of thioether (sulfide) groups is 1. The third-order valence-electron chi connectivity index (χ3n) is 5.27. The van der Waals surface area contributed by atoms with Gasteiger partial charge in [0.15, 0.2) is 15.8 Å². The molecule has 0 saturated carbocycles. The number of nitrogens with one attached hydrogen (secondary N) is 1. The average Bonchev–Trinajstić information content (AvgIpc) is 3.48. The Bertz CT molecular complexity index is 1060. The lowest BCUT2D eigenvalue weighted by Crippen LogP contribution is -2.32. The molecule has 0 bridgehead atoms. The van der Waals surface area contributed by atoms with Gasteiger partial charge in [0.1, 0.15) is 13.2 Å². The predicted molar refractivity (Wildman–Crippen MR) is 121 cm³/mol. The predicted octanol–water partition coefficient (Wildman–Crippen LogP) is 4.51. The largest absolute Gasteiger partial charge is 0.486 e. The van der Waals surface area contributed by atoms with E-state index in [0.29, 0.717) is 19.0 Å². The molecule has 1 aromatic heterocycles. The second-order valence-corrected chi connectivity index (χ2v) is 9.50. The summed E-state index contributed by atoms with van der Waals surface area (Å²) in [7, 11) is 0. The fourth-order valence-electron chi connectivity index (χ4n) is 3.85. The number of fused-ring (bicyclic) bond motifs is 1. The molecule has 3 aromatic rings. The van der Waals surface area contributed by atoms with E-state index >= 15 is 0 Å². The number of likely N-dealkylation sites (tertiary alicyclic amines) is 1. The van der Waals surface area contributed by atoms with Crippen LogP contribution in [0, 0.1) is 0 Å². The number of aromatic nitrogens is 2. The number of hydrogen-bond donors (Lipinski definition) is 1. The smallest absolute Gasteiger partial charge is 0.233 e. The Labute approximate surface area is 188 Å². The van der Waals surface area contributed by atoms with Crippen LogP contribution in [0.15, 0.2) is 52.9 Å². The second kappa shape index (κ2) is 9.15. The van der Waals surface area contributed by atoms with Gasteiger partial charge in [-0.15, -0.1) is 10.2 Å². The highest BCUT2D eigenvalue weighted by atomic mass is 32.2. The number of ether oxygens (including phenoxy) is 2. The molecule has 0 aliphatic carbocycles. The van der Waals surface area contributed by atoms with Gasteiger partial charge >= 0.3 is 0 Å². The number of carbonyl (C=O) groups excluding carboxylic acids is 1. The molecule has 1 amide bonds. The summed E-state index contributed by atoms with van der Waals surface area (Å²) in [5.41, 5.74) is 2.07. The van der Waals surface area contributed by atoms with E-state index < -0.39 is 0 Å². The van der Waals surface area contributed by atoms with E-state index in [1.54, 1.807) is 0 Å². The van der Waals surface area contributed by atoms with Gasteiger partial charge in [0.2, 0.25) is 11.0 Å². The summed E-state index contributed by atoms with van der Waals surface area (Å²) in [5.74, 6) is 2.01.